The van der Waals surface area contributed by atoms with Gasteiger partial charge in [-0.2, -0.15) is 0 Å². The van der Waals surface area contributed by atoms with Crippen molar-refractivity contribution in [1.82, 2.24) is 9.96 Å². The molecule has 0 unspecified atom stereocenters. The second-order valence-electron chi connectivity index (χ2n) is 3.53. The van der Waals surface area contributed by atoms with Gasteiger partial charge in [-0.1, -0.05) is 29.3 Å². The first-order chi connectivity index (χ1) is 7.59. The third kappa shape index (κ3) is 2.09. The molecule has 6 heteroatoms. The SMILES string of the molecule is CN1CCN(O)/C1=N/c1c(Cl)cccc1Cl. The zero-order valence-corrected chi connectivity index (χ0v) is 10.2. The van der Waals surface area contributed by atoms with Gasteiger partial charge in [0, 0.05) is 13.6 Å². The fourth-order valence-corrected chi connectivity index (χ4v) is 1.96. The molecule has 0 amide bonds. The smallest absolute Gasteiger partial charge is 0.226 e. The van der Waals surface area contributed by atoms with E-state index in [2.05, 4.69) is 4.99 Å². The molecule has 1 saturated heterocycles. The van der Waals surface area contributed by atoms with Crippen molar-refractivity contribution in [1.29, 1.82) is 0 Å². The van der Waals surface area contributed by atoms with E-state index in [-0.39, 0.29) is 0 Å². The van der Waals surface area contributed by atoms with Gasteiger partial charge < -0.3 is 4.90 Å². The zero-order valence-electron chi connectivity index (χ0n) is 8.69. The lowest BCUT2D eigenvalue weighted by atomic mass is 10.3. The summed E-state index contributed by atoms with van der Waals surface area (Å²) in [4.78, 5) is 6.11. The van der Waals surface area contributed by atoms with Crippen LogP contribution in [0.5, 0.6) is 0 Å². The summed E-state index contributed by atoms with van der Waals surface area (Å²) in [6.07, 6.45) is 0. The van der Waals surface area contributed by atoms with Gasteiger partial charge in [-0.05, 0) is 12.1 Å². The van der Waals surface area contributed by atoms with Crippen molar-refractivity contribution < 1.29 is 5.21 Å². The Labute approximate surface area is 104 Å². The van der Waals surface area contributed by atoms with Crippen molar-refractivity contribution in [3.8, 4) is 0 Å². The Kier molecular flexibility index (Phi) is 3.23. The first-order valence-electron chi connectivity index (χ1n) is 4.80. The molecule has 1 fully saturated rings. The van der Waals surface area contributed by atoms with E-state index in [9.17, 15) is 5.21 Å². The van der Waals surface area contributed by atoms with Crippen molar-refractivity contribution in [2.45, 2.75) is 0 Å². The Balaban J connectivity index is 2.42. The second kappa shape index (κ2) is 4.49. The molecule has 0 saturated carbocycles. The number of halogens is 2. The Morgan fingerprint density at radius 1 is 1.25 bits per heavy atom. The molecular weight excluding hydrogens is 249 g/mol. The van der Waals surface area contributed by atoms with Crippen LogP contribution < -0.4 is 0 Å². The van der Waals surface area contributed by atoms with Gasteiger partial charge in [-0.3, -0.25) is 5.21 Å². The van der Waals surface area contributed by atoms with Crippen LogP contribution in [-0.4, -0.2) is 41.3 Å². The van der Waals surface area contributed by atoms with E-state index >= 15 is 0 Å². The maximum Gasteiger partial charge on any atom is 0.226 e. The van der Waals surface area contributed by atoms with Crippen LogP contribution in [0.1, 0.15) is 0 Å². The number of hydrogen-bond donors (Lipinski definition) is 1. The highest BCUT2D eigenvalue weighted by Gasteiger charge is 2.22. The van der Waals surface area contributed by atoms with Crippen LogP contribution in [-0.2, 0) is 0 Å². The van der Waals surface area contributed by atoms with Crippen LogP contribution in [0.3, 0.4) is 0 Å². The number of hydrogen-bond acceptors (Lipinski definition) is 2. The Morgan fingerprint density at radius 2 is 1.88 bits per heavy atom. The van der Waals surface area contributed by atoms with Crippen LogP contribution in [0, 0.1) is 0 Å². The van der Waals surface area contributed by atoms with Crippen molar-refractivity contribution in [2.24, 2.45) is 4.99 Å². The molecular formula is C10H11Cl2N3O. The van der Waals surface area contributed by atoms with Crippen LogP contribution in [0.15, 0.2) is 23.2 Å². The summed E-state index contributed by atoms with van der Waals surface area (Å²) >= 11 is 12.0. The maximum absolute atomic E-state index is 9.58. The van der Waals surface area contributed by atoms with Gasteiger partial charge >= 0.3 is 0 Å². The van der Waals surface area contributed by atoms with Crippen LogP contribution in [0.25, 0.3) is 0 Å². The number of nitrogens with zero attached hydrogens (tertiary/aromatic N) is 3. The lowest BCUT2D eigenvalue weighted by Gasteiger charge is -2.14. The molecule has 2 rings (SSSR count). The third-order valence-corrected chi connectivity index (χ3v) is 2.98. The highest BCUT2D eigenvalue weighted by molar-refractivity contribution is 6.38. The largest absolute Gasteiger partial charge is 0.342 e. The normalized spacial score (nSPS) is 18.6. The van der Waals surface area contributed by atoms with Crippen molar-refractivity contribution in [2.75, 3.05) is 20.1 Å². The minimum Gasteiger partial charge on any atom is -0.342 e. The summed E-state index contributed by atoms with van der Waals surface area (Å²) in [5.74, 6) is 0.454. The van der Waals surface area contributed by atoms with Crippen molar-refractivity contribution >= 4 is 34.8 Å². The number of hydroxylamine groups is 2. The Bertz CT molecular complexity index is 404. The summed E-state index contributed by atoms with van der Waals surface area (Å²) in [7, 11) is 1.85. The highest BCUT2D eigenvalue weighted by atomic mass is 35.5. The van der Waals surface area contributed by atoms with E-state index in [1.165, 1.54) is 0 Å². The molecule has 16 heavy (non-hydrogen) atoms. The minimum absolute atomic E-state index is 0.454. The number of likely N-dealkylation sites (N-methyl/N-ethyl adjacent to an activating group) is 1. The number of aliphatic imine (C=N–C) groups is 1. The molecule has 0 spiro atoms. The predicted octanol–water partition coefficient (Wildman–Crippen LogP) is 2.62. The minimum atomic E-state index is 0.454. The molecule has 4 nitrogen and oxygen atoms in total. The van der Waals surface area contributed by atoms with Crippen molar-refractivity contribution in [3.63, 3.8) is 0 Å². The molecule has 0 aromatic heterocycles. The van der Waals surface area contributed by atoms with Gasteiger partial charge in [0.05, 0.1) is 16.6 Å². The summed E-state index contributed by atoms with van der Waals surface area (Å²) in [5.41, 5.74) is 0.480. The first-order valence-corrected chi connectivity index (χ1v) is 5.55. The van der Waals surface area contributed by atoms with Gasteiger partial charge in [-0.25, -0.2) is 10.1 Å². The highest BCUT2D eigenvalue weighted by Crippen LogP contribution is 2.33. The molecule has 1 aliphatic rings. The van der Waals surface area contributed by atoms with E-state index in [4.69, 9.17) is 23.2 Å². The second-order valence-corrected chi connectivity index (χ2v) is 4.34. The van der Waals surface area contributed by atoms with E-state index < -0.39 is 0 Å². The average Bonchev–Trinajstić information content (AvgIpc) is 2.54. The van der Waals surface area contributed by atoms with Crippen LogP contribution in [0.2, 0.25) is 10.0 Å². The molecule has 86 valence electrons. The number of para-hydroxylation sites is 1. The quantitative estimate of drug-likeness (QED) is 0.843. The van der Waals surface area contributed by atoms with Gasteiger partial charge in [-0.15, -0.1) is 0 Å². The molecule has 0 radical (unpaired) electrons. The van der Waals surface area contributed by atoms with Gasteiger partial charge in [0.25, 0.3) is 0 Å². The monoisotopic (exact) mass is 259 g/mol. The Hall–Kier alpha value is -0.970. The van der Waals surface area contributed by atoms with E-state index in [1.807, 2.05) is 11.9 Å². The molecule has 1 aromatic rings. The predicted molar refractivity (Wildman–Crippen MR) is 64.7 cm³/mol. The summed E-state index contributed by atoms with van der Waals surface area (Å²) in [6, 6.07) is 5.18. The van der Waals surface area contributed by atoms with Crippen LogP contribution in [0.4, 0.5) is 5.69 Å². The lowest BCUT2D eigenvalue weighted by molar-refractivity contribution is -0.00190. The summed E-state index contributed by atoms with van der Waals surface area (Å²) in [5, 5.41) is 11.6. The fraction of sp³-hybridized carbons (Fsp3) is 0.300. The standard InChI is InChI=1S/C10H11Cl2N3O/c1-14-5-6-15(16)10(14)13-9-7(11)3-2-4-8(9)12/h2-4,16H,5-6H2,1H3/b13-10+. The summed E-state index contributed by atoms with van der Waals surface area (Å²) < 4.78 is 0. The topological polar surface area (TPSA) is 39.1 Å². The van der Waals surface area contributed by atoms with Gasteiger partial charge in [0.15, 0.2) is 0 Å². The van der Waals surface area contributed by atoms with Crippen LogP contribution >= 0.6 is 23.2 Å². The molecule has 0 bridgehead atoms. The molecule has 1 heterocycles. The number of rotatable bonds is 1. The number of benzene rings is 1. The maximum atomic E-state index is 9.58. The molecule has 1 aliphatic heterocycles. The molecule has 0 atom stereocenters. The molecule has 0 aliphatic carbocycles. The van der Waals surface area contributed by atoms with E-state index in [1.54, 1.807) is 18.2 Å². The molecule has 1 aromatic carbocycles. The zero-order chi connectivity index (χ0) is 11.7. The average molecular weight is 260 g/mol. The van der Waals surface area contributed by atoms with E-state index in [0.29, 0.717) is 28.2 Å². The van der Waals surface area contributed by atoms with E-state index in [0.717, 1.165) is 11.6 Å². The van der Waals surface area contributed by atoms with Crippen molar-refractivity contribution in [3.05, 3.63) is 28.2 Å². The van der Waals surface area contributed by atoms with Gasteiger partial charge in [0.1, 0.15) is 5.69 Å². The lowest BCUT2D eigenvalue weighted by Crippen LogP contribution is -2.28. The Morgan fingerprint density at radius 3 is 2.38 bits per heavy atom. The summed E-state index contributed by atoms with van der Waals surface area (Å²) in [6.45, 7) is 1.24. The fourth-order valence-electron chi connectivity index (χ4n) is 1.48. The molecule has 1 N–H and O–H groups in total. The number of guanidine groups is 1. The first kappa shape index (κ1) is 11.5. The third-order valence-electron chi connectivity index (χ3n) is 2.37. The van der Waals surface area contributed by atoms with Gasteiger partial charge in [0.2, 0.25) is 5.96 Å².